The molecule has 0 saturated heterocycles. The minimum Gasteiger partial charge on any atom is -0.330 e. The van der Waals surface area contributed by atoms with Crippen LogP contribution in [0.2, 0.25) is 0 Å². The second kappa shape index (κ2) is 5.03. The molecule has 0 saturated carbocycles. The molecular weight excluding hydrogens is 236 g/mol. The van der Waals surface area contributed by atoms with Gasteiger partial charge in [-0.2, -0.15) is 0 Å². The van der Waals surface area contributed by atoms with Crippen LogP contribution in [0.25, 0.3) is 0 Å². The zero-order valence-corrected chi connectivity index (χ0v) is 10.1. The number of hydrogen-bond donors (Lipinski definition) is 2. The van der Waals surface area contributed by atoms with Crippen molar-refractivity contribution in [3.63, 3.8) is 0 Å². The fourth-order valence-corrected chi connectivity index (χ4v) is 1.96. The summed E-state index contributed by atoms with van der Waals surface area (Å²) in [7, 11) is 0. The van der Waals surface area contributed by atoms with Gasteiger partial charge >= 0.3 is 0 Å². The molecule has 5 nitrogen and oxygen atoms in total. The van der Waals surface area contributed by atoms with Crippen LogP contribution >= 0.6 is 11.3 Å². The fraction of sp³-hybridized carbons (Fsp3) is 0.182. The Hall–Kier alpha value is -1.79. The van der Waals surface area contributed by atoms with Crippen molar-refractivity contribution in [3.05, 3.63) is 34.8 Å². The molecule has 0 aliphatic carbocycles. The molecule has 3 N–H and O–H groups in total. The van der Waals surface area contributed by atoms with E-state index in [1.165, 1.54) is 18.3 Å². The molecule has 17 heavy (non-hydrogen) atoms. The van der Waals surface area contributed by atoms with Gasteiger partial charge in [0.05, 0.1) is 0 Å². The molecule has 0 aliphatic heterocycles. The number of nitrogens with two attached hydrogens (primary N) is 1. The average molecular weight is 248 g/mol. The number of anilines is 2. The minimum absolute atomic E-state index is 0.0357. The Kier molecular flexibility index (Phi) is 3.46. The first-order valence-electron chi connectivity index (χ1n) is 5.09. The van der Waals surface area contributed by atoms with Crippen molar-refractivity contribution in [2.24, 2.45) is 5.73 Å². The lowest BCUT2D eigenvalue weighted by Gasteiger charge is -2.03. The summed E-state index contributed by atoms with van der Waals surface area (Å²) in [5.74, 6) is 0.0357. The summed E-state index contributed by atoms with van der Waals surface area (Å²) in [6.07, 6.45) is 0. The Labute approximate surface area is 103 Å². The van der Waals surface area contributed by atoms with E-state index in [9.17, 15) is 4.79 Å². The maximum atomic E-state index is 11.2. The van der Waals surface area contributed by atoms with Crippen molar-refractivity contribution in [1.82, 2.24) is 10.2 Å². The summed E-state index contributed by atoms with van der Waals surface area (Å²) in [6.45, 7) is 1.92. The highest BCUT2D eigenvalue weighted by Gasteiger charge is 2.04. The second-order valence-electron chi connectivity index (χ2n) is 3.47. The molecule has 2 aromatic rings. The van der Waals surface area contributed by atoms with E-state index in [2.05, 4.69) is 15.5 Å². The van der Waals surface area contributed by atoms with E-state index in [0.29, 0.717) is 17.2 Å². The van der Waals surface area contributed by atoms with Gasteiger partial charge in [0.15, 0.2) is 5.78 Å². The molecule has 0 aliphatic rings. The normalized spacial score (nSPS) is 10.2. The molecule has 1 aromatic heterocycles. The van der Waals surface area contributed by atoms with E-state index in [-0.39, 0.29) is 5.78 Å². The summed E-state index contributed by atoms with van der Waals surface area (Å²) >= 11 is 1.40. The first-order chi connectivity index (χ1) is 8.19. The van der Waals surface area contributed by atoms with Crippen LogP contribution in [0, 0.1) is 0 Å². The van der Waals surface area contributed by atoms with Gasteiger partial charge in [0, 0.05) is 17.8 Å². The number of nitrogens with one attached hydrogen (secondary N) is 1. The molecule has 0 spiro atoms. The summed E-state index contributed by atoms with van der Waals surface area (Å²) in [4.78, 5) is 11.2. The van der Waals surface area contributed by atoms with E-state index in [1.807, 2.05) is 12.1 Å². The van der Waals surface area contributed by atoms with Crippen molar-refractivity contribution >= 4 is 27.9 Å². The molecule has 88 valence electrons. The van der Waals surface area contributed by atoms with Crippen LogP contribution in [-0.4, -0.2) is 16.0 Å². The van der Waals surface area contributed by atoms with E-state index < -0.39 is 0 Å². The molecular formula is C11H12N4OS. The van der Waals surface area contributed by atoms with E-state index in [1.54, 1.807) is 12.1 Å². The number of Topliss-reactive ketones (excluding diaryl/α,β-unsaturated/α-hetero) is 1. The van der Waals surface area contributed by atoms with Crippen molar-refractivity contribution < 1.29 is 4.79 Å². The third-order valence-electron chi connectivity index (χ3n) is 2.16. The number of carbonyl (C=O) groups excluding carboxylic acids is 1. The monoisotopic (exact) mass is 248 g/mol. The topological polar surface area (TPSA) is 80.9 Å². The lowest BCUT2D eigenvalue weighted by Crippen LogP contribution is -1.95. The highest BCUT2D eigenvalue weighted by molar-refractivity contribution is 7.15. The Morgan fingerprint density at radius 1 is 1.47 bits per heavy atom. The molecule has 0 unspecified atom stereocenters. The first-order valence-corrected chi connectivity index (χ1v) is 5.91. The number of hydrogen-bond acceptors (Lipinski definition) is 6. The molecule has 0 radical (unpaired) electrons. The molecule has 0 atom stereocenters. The third-order valence-corrected chi connectivity index (χ3v) is 3.02. The minimum atomic E-state index is 0.0357. The molecule has 1 heterocycles. The predicted molar refractivity (Wildman–Crippen MR) is 67.5 cm³/mol. The summed E-state index contributed by atoms with van der Waals surface area (Å²) in [6, 6.07) is 7.25. The van der Waals surface area contributed by atoms with E-state index in [0.717, 1.165) is 10.7 Å². The standard InChI is InChI=1S/C11H12N4OS/c1-7(16)8-3-2-4-9(5-8)13-11-15-14-10(6-12)17-11/h2-5H,6,12H2,1H3,(H,13,15). The van der Waals surface area contributed by atoms with Crippen LogP contribution in [-0.2, 0) is 6.54 Å². The van der Waals surface area contributed by atoms with Gasteiger partial charge in [0.1, 0.15) is 5.01 Å². The van der Waals surface area contributed by atoms with Crippen molar-refractivity contribution in [1.29, 1.82) is 0 Å². The Bertz CT molecular complexity index is 538. The Morgan fingerprint density at radius 2 is 2.29 bits per heavy atom. The van der Waals surface area contributed by atoms with Gasteiger partial charge in [0.2, 0.25) is 5.13 Å². The summed E-state index contributed by atoms with van der Waals surface area (Å²) in [5, 5.41) is 12.4. The number of carbonyl (C=O) groups is 1. The lowest BCUT2D eigenvalue weighted by atomic mass is 10.1. The molecule has 0 amide bonds. The fourth-order valence-electron chi connectivity index (χ4n) is 1.33. The molecule has 0 fully saturated rings. The second-order valence-corrected chi connectivity index (χ2v) is 4.53. The van der Waals surface area contributed by atoms with Crippen LogP contribution in [0.5, 0.6) is 0 Å². The van der Waals surface area contributed by atoms with Crippen LogP contribution in [0.15, 0.2) is 24.3 Å². The average Bonchev–Trinajstić information content (AvgIpc) is 2.77. The highest BCUT2D eigenvalue weighted by Crippen LogP contribution is 2.21. The quantitative estimate of drug-likeness (QED) is 0.808. The van der Waals surface area contributed by atoms with Gasteiger partial charge in [-0.3, -0.25) is 4.79 Å². The molecule has 6 heteroatoms. The van der Waals surface area contributed by atoms with Gasteiger partial charge in [-0.15, -0.1) is 10.2 Å². The smallest absolute Gasteiger partial charge is 0.210 e. The first kappa shape index (κ1) is 11.7. The van der Waals surface area contributed by atoms with Crippen LogP contribution < -0.4 is 11.1 Å². The number of benzene rings is 1. The molecule has 0 bridgehead atoms. The van der Waals surface area contributed by atoms with Crippen molar-refractivity contribution in [3.8, 4) is 0 Å². The Morgan fingerprint density at radius 3 is 2.94 bits per heavy atom. The maximum Gasteiger partial charge on any atom is 0.210 e. The Balaban J connectivity index is 2.18. The van der Waals surface area contributed by atoms with Gasteiger partial charge in [0.25, 0.3) is 0 Å². The highest BCUT2D eigenvalue weighted by atomic mass is 32.1. The largest absolute Gasteiger partial charge is 0.330 e. The maximum absolute atomic E-state index is 11.2. The summed E-state index contributed by atoms with van der Waals surface area (Å²) in [5.41, 5.74) is 6.94. The summed E-state index contributed by atoms with van der Waals surface area (Å²) < 4.78 is 0. The molecule has 1 aromatic carbocycles. The number of aromatic nitrogens is 2. The zero-order valence-electron chi connectivity index (χ0n) is 9.30. The van der Waals surface area contributed by atoms with Crippen LogP contribution in [0.1, 0.15) is 22.3 Å². The third kappa shape index (κ3) is 2.86. The number of rotatable bonds is 4. The van der Waals surface area contributed by atoms with Crippen LogP contribution in [0.4, 0.5) is 10.8 Å². The number of nitrogens with zero attached hydrogens (tertiary/aromatic N) is 2. The van der Waals surface area contributed by atoms with Crippen LogP contribution in [0.3, 0.4) is 0 Å². The van der Waals surface area contributed by atoms with Crippen molar-refractivity contribution in [2.75, 3.05) is 5.32 Å². The zero-order chi connectivity index (χ0) is 12.3. The lowest BCUT2D eigenvalue weighted by molar-refractivity contribution is 0.101. The molecule has 2 rings (SSSR count). The van der Waals surface area contributed by atoms with Gasteiger partial charge < -0.3 is 11.1 Å². The van der Waals surface area contributed by atoms with Gasteiger partial charge in [-0.1, -0.05) is 23.5 Å². The van der Waals surface area contributed by atoms with Crippen molar-refractivity contribution in [2.45, 2.75) is 13.5 Å². The predicted octanol–water partition coefficient (Wildman–Crippen LogP) is 1.94. The van der Waals surface area contributed by atoms with E-state index in [4.69, 9.17) is 5.73 Å². The SMILES string of the molecule is CC(=O)c1cccc(Nc2nnc(CN)s2)c1. The number of ketones is 1. The van der Waals surface area contributed by atoms with Gasteiger partial charge in [-0.25, -0.2) is 0 Å². The van der Waals surface area contributed by atoms with Gasteiger partial charge in [-0.05, 0) is 19.1 Å². The van der Waals surface area contributed by atoms with E-state index >= 15 is 0 Å².